The molecule has 4 aliphatic rings. The summed E-state index contributed by atoms with van der Waals surface area (Å²) < 4.78 is 0. The van der Waals surface area contributed by atoms with Crippen molar-refractivity contribution in [2.45, 2.75) is 44.1 Å². The van der Waals surface area contributed by atoms with Gasteiger partial charge in [-0.3, -0.25) is 33.8 Å². The molecular formula is C30H31N3O7. The van der Waals surface area contributed by atoms with E-state index in [1.165, 1.54) is 22.1 Å². The van der Waals surface area contributed by atoms with Crippen molar-refractivity contribution in [2.75, 3.05) is 14.1 Å². The smallest absolute Gasteiger partial charge is 0.235 e. The quantitative estimate of drug-likeness (QED) is 0.462. The molecule has 2 aromatic carbocycles. The van der Waals surface area contributed by atoms with Gasteiger partial charge >= 0.3 is 0 Å². The van der Waals surface area contributed by atoms with Crippen LogP contribution in [0.2, 0.25) is 0 Å². The lowest BCUT2D eigenvalue weighted by atomic mass is 9.52. The summed E-state index contributed by atoms with van der Waals surface area (Å²) in [6.07, 6.45) is 0.296. The molecule has 208 valence electrons. The molecule has 2 saturated carbocycles. The number of aliphatic hydroxyl groups is 1. The summed E-state index contributed by atoms with van der Waals surface area (Å²) in [6, 6.07) is 10.3. The van der Waals surface area contributed by atoms with Crippen molar-refractivity contribution in [1.82, 2.24) is 9.80 Å². The van der Waals surface area contributed by atoms with Crippen LogP contribution in [0.3, 0.4) is 0 Å². The van der Waals surface area contributed by atoms with Crippen molar-refractivity contribution in [1.29, 1.82) is 0 Å². The van der Waals surface area contributed by atoms with Gasteiger partial charge in [0.15, 0.2) is 34.7 Å². The minimum atomic E-state index is -2.72. The number of nitrogens with zero attached hydrogens (tertiary/aromatic N) is 2. The number of benzene rings is 2. The number of primary amides is 1. The van der Waals surface area contributed by atoms with E-state index in [-0.39, 0.29) is 24.2 Å². The monoisotopic (exact) mass is 545 g/mol. The van der Waals surface area contributed by atoms with Crippen LogP contribution < -0.4 is 5.73 Å². The number of fused-ring (bicyclic) bond motifs is 4. The number of nitrogens with two attached hydrogens (primary N) is 1. The maximum Gasteiger partial charge on any atom is 0.235 e. The number of hydrogen-bond acceptors (Lipinski definition) is 9. The van der Waals surface area contributed by atoms with Crippen LogP contribution in [0.25, 0.3) is 0 Å². The summed E-state index contributed by atoms with van der Waals surface area (Å²) in [5.41, 5.74) is 6.65. The molecule has 0 radical (unpaired) electrons. The standard InChI is InChI=1S/C30H31N3O7/c1-32(2)24-19-10-17-9-18-16(13-33-11-14-5-3-4-6-15(14)12-33)7-8-20(34)22(18)25(35)21(17)27(37)30(19,40)28(38)23(26(24)36)29(31)39/h3-8,17,19,21,23-24,34,40H,9-13H2,1-2H3,(H2,31,39)/t17-,19-,21?,23?,24-,30-/m0/s1. The molecule has 40 heavy (non-hydrogen) atoms. The van der Waals surface area contributed by atoms with Crippen molar-refractivity contribution in [3.63, 3.8) is 0 Å². The van der Waals surface area contributed by atoms with Crippen LogP contribution in [-0.4, -0.2) is 74.8 Å². The highest BCUT2D eigenvalue weighted by atomic mass is 16.3. The Kier molecular flexibility index (Phi) is 6.06. The van der Waals surface area contributed by atoms with Gasteiger partial charge in [-0.1, -0.05) is 30.3 Å². The number of carbonyl (C=O) groups excluding carboxylic acids is 5. The molecule has 10 heteroatoms. The molecule has 2 fully saturated rings. The summed E-state index contributed by atoms with van der Waals surface area (Å²) in [4.78, 5) is 70.2. The van der Waals surface area contributed by atoms with Gasteiger partial charge in [-0.15, -0.1) is 0 Å². The molecule has 4 N–H and O–H groups in total. The second-order valence-corrected chi connectivity index (χ2v) is 11.8. The number of rotatable bonds is 4. The highest BCUT2D eigenvalue weighted by Gasteiger charge is 2.69. The van der Waals surface area contributed by atoms with Gasteiger partial charge in [0.2, 0.25) is 5.91 Å². The summed E-state index contributed by atoms with van der Waals surface area (Å²) in [6.45, 7) is 2.02. The molecule has 3 aliphatic carbocycles. The van der Waals surface area contributed by atoms with Crippen LogP contribution in [-0.2, 0) is 45.2 Å². The maximum absolute atomic E-state index is 13.9. The number of ketones is 4. The third kappa shape index (κ3) is 3.63. The number of carbonyl (C=O) groups is 5. The third-order valence-electron chi connectivity index (χ3n) is 9.34. The fourth-order valence-corrected chi connectivity index (χ4v) is 7.57. The summed E-state index contributed by atoms with van der Waals surface area (Å²) in [5, 5.41) is 22.4. The Morgan fingerprint density at radius 3 is 2.30 bits per heavy atom. The number of phenols is 1. The Morgan fingerprint density at radius 1 is 1.05 bits per heavy atom. The van der Waals surface area contributed by atoms with Gasteiger partial charge in [0, 0.05) is 25.6 Å². The van der Waals surface area contributed by atoms with E-state index >= 15 is 0 Å². The van der Waals surface area contributed by atoms with Gasteiger partial charge < -0.3 is 15.9 Å². The second kappa shape index (κ2) is 9.15. The molecule has 2 unspecified atom stereocenters. The lowest BCUT2D eigenvalue weighted by Crippen LogP contribution is -2.74. The van der Waals surface area contributed by atoms with E-state index in [1.807, 2.05) is 12.1 Å². The Bertz CT molecular complexity index is 1480. The van der Waals surface area contributed by atoms with E-state index in [0.29, 0.717) is 12.1 Å². The number of aromatic hydroxyl groups is 1. The normalized spacial score (nSPS) is 31.6. The maximum atomic E-state index is 13.9. The molecule has 0 spiro atoms. The lowest BCUT2D eigenvalue weighted by Gasteiger charge is -2.52. The second-order valence-electron chi connectivity index (χ2n) is 11.8. The first kappa shape index (κ1) is 26.5. The zero-order valence-corrected chi connectivity index (χ0v) is 22.3. The van der Waals surface area contributed by atoms with Crippen molar-refractivity contribution in [3.8, 4) is 5.75 Å². The molecule has 10 nitrogen and oxygen atoms in total. The summed E-state index contributed by atoms with van der Waals surface area (Å²) in [5.74, 6) is -10.3. The van der Waals surface area contributed by atoms with E-state index in [2.05, 4.69) is 17.0 Å². The molecule has 0 aromatic heterocycles. The molecule has 1 amide bonds. The molecule has 6 rings (SSSR count). The molecule has 6 atom stereocenters. The van der Waals surface area contributed by atoms with Crippen LogP contribution in [0.15, 0.2) is 36.4 Å². The van der Waals surface area contributed by atoms with Crippen LogP contribution in [0, 0.1) is 23.7 Å². The van der Waals surface area contributed by atoms with Crippen LogP contribution in [0.5, 0.6) is 5.75 Å². The van der Waals surface area contributed by atoms with Crippen LogP contribution in [0.1, 0.15) is 39.0 Å². The Balaban J connectivity index is 1.39. The van der Waals surface area contributed by atoms with Crippen molar-refractivity contribution in [3.05, 3.63) is 64.2 Å². The van der Waals surface area contributed by atoms with Crippen molar-refractivity contribution < 1.29 is 34.2 Å². The van der Waals surface area contributed by atoms with E-state index in [0.717, 1.165) is 18.7 Å². The van der Waals surface area contributed by atoms with Gasteiger partial charge in [0.05, 0.1) is 17.5 Å². The Morgan fingerprint density at radius 2 is 1.70 bits per heavy atom. The SMILES string of the molecule is CN(C)[C@@H]1C(=O)C(C(N)=O)C(=O)[C@@]2(O)C(=O)C3C(=O)c4c(O)ccc(CN5Cc6ccccc6C5)c4C[C@H]3C[C@@H]12. The van der Waals surface area contributed by atoms with Gasteiger partial charge in [-0.2, -0.15) is 0 Å². The van der Waals surface area contributed by atoms with Gasteiger partial charge in [0.25, 0.3) is 0 Å². The van der Waals surface area contributed by atoms with E-state index in [4.69, 9.17) is 5.73 Å². The molecule has 2 aromatic rings. The molecular weight excluding hydrogens is 514 g/mol. The number of likely N-dealkylation sites (N-methyl/N-ethyl adjacent to an activating group) is 1. The van der Waals surface area contributed by atoms with Gasteiger partial charge in [0.1, 0.15) is 5.75 Å². The first-order valence-electron chi connectivity index (χ1n) is 13.4. The zero-order valence-electron chi connectivity index (χ0n) is 22.3. The largest absolute Gasteiger partial charge is 0.507 e. The van der Waals surface area contributed by atoms with Crippen molar-refractivity contribution >= 4 is 29.0 Å². The predicted octanol–water partition coefficient (Wildman–Crippen LogP) is 0.383. The summed E-state index contributed by atoms with van der Waals surface area (Å²) >= 11 is 0. The highest BCUT2D eigenvalue weighted by Crippen LogP contribution is 2.51. The minimum absolute atomic E-state index is 0.0285. The van der Waals surface area contributed by atoms with E-state index in [1.54, 1.807) is 20.2 Å². The van der Waals surface area contributed by atoms with Crippen LogP contribution in [0.4, 0.5) is 0 Å². The van der Waals surface area contributed by atoms with Crippen molar-refractivity contribution in [2.24, 2.45) is 29.4 Å². The highest BCUT2D eigenvalue weighted by molar-refractivity contribution is 6.32. The van der Waals surface area contributed by atoms with Gasteiger partial charge in [-0.05, 0) is 61.2 Å². The minimum Gasteiger partial charge on any atom is -0.507 e. The Hall–Kier alpha value is -3.73. The number of phenolic OH excluding ortho intramolecular Hbond substituents is 1. The van der Waals surface area contributed by atoms with E-state index < -0.39 is 64.4 Å². The fourth-order valence-electron chi connectivity index (χ4n) is 7.57. The first-order chi connectivity index (χ1) is 18.9. The molecule has 1 aliphatic heterocycles. The summed E-state index contributed by atoms with van der Waals surface area (Å²) in [7, 11) is 3.14. The zero-order chi connectivity index (χ0) is 28.7. The topological polar surface area (TPSA) is 158 Å². The molecule has 0 bridgehead atoms. The van der Waals surface area contributed by atoms with E-state index in [9.17, 15) is 34.2 Å². The van der Waals surface area contributed by atoms with Gasteiger partial charge in [-0.25, -0.2) is 0 Å². The fraction of sp³-hybridized carbons (Fsp3) is 0.433. The predicted molar refractivity (Wildman–Crippen MR) is 141 cm³/mol. The third-order valence-corrected chi connectivity index (χ3v) is 9.34. The number of Topliss-reactive ketones (excluding diaryl/α,β-unsaturated/α-hetero) is 4. The average Bonchev–Trinajstić information content (AvgIpc) is 3.30. The number of amides is 1. The average molecular weight is 546 g/mol. The number of hydrogen-bond donors (Lipinski definition) is 3. The molecule has 1 heterocycles. The molecule has 0 saturated heterocycles. The lowest BCUT2D eigenvalue weighted by molar-refractivity contribution is -0.181. The van der Waals surface area contributed by atoms with Crippen LogP contribution >= 0.6 is 0 Å². The first-order valence-corrected chi connectivity index (χ1v) is 13.4. The Labute approximate surface area is 230 Å².